The van der Waals surface area contributed by atoms with Gasteiger partial charge in [0.1, 0.15) is 0 Å². The summed E-state index contributed by atoms with van der Waals surface area (Å²) in [5.74, 6) is -0.311. The van der Waals surface area contributed by atoms with Gasteiger partial charge in [-0.3, -0.25) is 14.4 Å². The third kappa shape index (κ3) is 2.69. The van der Waals surface area contributed by atoms with Gasteiger partial charge < -0.3 is 0 Å². The molecule has 1 aromatic rings. The number of carbonyl (C=O) groups is 3. The van der Waals surface area contributed by atoms with Crippen LogP contribution in [0.4, 0.5) is 5.69 Å². The highest BCUT2D eigenvalue weighted by Gasteiger charge is 2.34. The number of amides is 2. The van der Waals surface area contributed by atoms with Crippen LogP contribution in [0.5, 0.6) is 0 Å². The Bertz CT molecular complexity index is 597. The van der Waals surface area contributed by atoms with Crippen molar-refractivity contribution in [1.82, 2.24) is 0 Å². The first kappa shape index (κ1) is 14.2. The molecule has 0 radical (unpaired) electrons. The molecule has 0 N–H and O–H groups in total. The van der Waals surface area contributed by atoms with E-state index in [1.165, 1.54) is 11.8 Å². The largest absolute Gasteiger partial charge is 0.295 e. The van der Waals surface area contributed by atoms with Gasteiger partial charge in [-0.05, 0) is 37.1 Å². The van der Waals surface area contributed by atoms with Gasteiger partial charge in [0.2, 0.25) is 5.91 Å². The van der Waals surface area contributed by atoms with Gasteiger partial charge in [-0.15, -0.1) is 0 Å². The number of allylic oxidation sites excluding steroid dienone is 1. The summed E-state index contributed by atoms with van der Waals surface area (Å²) in [6.45, 7) is 5.41. The van der Waals surface area contributed by atoms with Crippen molar-refractivity contribution in [2.24, 2.45) is 5.92 Å². The molecule has 0 bridgehead atoms. The van der Waals surface area contributed by atoms with Crippen LogP contribution >= 0.6 is 0 Å². The number of carbonyl (C=O) groups excluding carboxylic acids is 3. The summed E-state index contributed by atoms with van der Waals surface area (Å²) < 4.78 is 0. The van der Waals surface area contributed by atoms with Crippen LogP contribution in [0.15, 0.2) is 35.9 Å². The summed E-state index contributed by atoms with van der Waals surface area (Å²) in [6.07, 6.45) is 1.97. The first-order chi connectivity index (χ1) is 9.40. The number of rotatable bonds is 3. The van der Waals surface area contributed by atoms with Crippen molar-refractivity contribution in [2.75, 3.05) is 4.90 Å². The number of hydrogen-bond donors (Lipinski definition) is 0. The smallest absolute Gasteiger partial charge is 0.261 e. The zero-order valence-electron chi connectivity index (χ0n) is 11.8. The lowest BCUT2D eigenvalue weighted by Gasteiger charge is -2.13. The van der Waals surface area contributed by atoms with E-state index in [-0.39, 0.29) is 29.9 Å². The maximum atomic E-state index is 12.2. The number of anilines is 1. The van der Waals surface area contributed by atoms with Gasteiger partial charge in [-0.2, -0.15) is 0 Å². The standard InChI is InChI=1S/C16H17NO3/c1-10(2)8-13-9-15(19)17(16(13)20)14-6-4-12(5-7-14)11(3)18/h4-8,10H,9H2,1-3H3. The van der Waals surface area contributed by atoms with Crippen LogP contribution in [0.1, 0.15) is 37.6 Å². The van der Waals surface area contributed by atoms with Gasteiger partial charge in [0.25, 0.3) is 5.91 Å². The maximum Gasteiger partial charge on any atom is 0.261 e. The van der Waals surface area contributed by atoms with Crippen LogP contribution in [0.2, 0.25) is 0 Å². The van der Waals surface area contributed by atoms with Gasteiger partial charge in [0.15, 0.2) is 5.78 Å². The first-order valence-corrected chi connectivity index (χ1v) is 6.59. The molecule has 1 aliphatic rings. The summed E-state index contributed by atoms with van der Waals surface area (Å²) >= 11 is 0. The number of imide groups is 1. The second-order valence-electron chi connectivity index (χ2n) is 5.25. The second kappa shape index (κ2) is 5.41. The molecule has 1 fully saturated rings. The van der Waals surface area contributed by atoms with Crippen molar-refractivity contribution >= 4 is 23.3 Å². The van der Waals surface area contributed by atoms with E-state index in [1.54, 1.807) is 24.3 Å². The van der Waals surface area contributed by atoms with Gasteiger partial charge in [-0.1, -0.05) is 19.9 Å². The molecule has 4 nitrogen and oxygen atoms in total. The second-order valence-corrected chi connectivity index (χ2v) is 5.25. The molecule has 0 saturated carbocycles. The van der Waals surface area contributed by atoms with E-state index in [4.69, 9.17) is 0 Å². The molecule has 0 atom stereocenters. The Morgan fingerprint density at radius 2 is 1.80 bits per heavy atom. The number of ketones is 1. The lowest BCUT2D eigenvalue weighted by molar-refractivity contribution is -0.120. The summed E-state index contributed by atoms with van der Waals surface area (Å²) in [5.41, 5.74) is 1.61. The van der Waals surface area contributed by atoms with Crippen molar-refractivity contribution in [3.8, 4) is 0 Å². The fraction of sp³-hybridized carbons (Fsp3) is 0.312. The molecule has 0 unspecified atom stereocenters. The fourth-order valence-electron chi connectivity index (χ4n) is 2.21. The Kier molecular flexibility index (Phi) is 3.84. The average Bonchev–Trinajstić information content (AvgIpc) is 2.64. The quantitative estimate of drug-likeness (QED) is 0.482. The highest BCUT2D eigenvalue weighted by atomic mass is 16.2. The fourth-order valence-corrected chi connectivity index (χ4v) is 2.21. The molecule has 104 valence electrons. The first-order valence-electron chi connectivity index (χ1n) is 6.59. The summed E-state index contributed by atoms with van der Waals surface area (Å²) in [6, 6.07) is 6.51. The van der Waals surface area contributed by atoms with Crippen molar-refractivity contribution in [2.45, 2.75) is 27.2 Å². The summed E-state index contributed by atoms with van der Waals surface area (Å²) in [4.78, 5) is 36.6. The number of benzene rings is 1. The monoisotopic (exact) mass is 271 g/mol. The predicted octanol–water partition coefficient (Wildman–Crippen LogP) is 2.73. The van der Waals surface area contributed by atoms with Crippen LogP contribution in [0, 0.1) is 5.92 Å². The van der Waals surface area contributed by atoms with E-state index in [0.717, 1.165) is 0 Å². The van der Waals surface area contributed by atoms with Gasteiger partial charge in [0, 0.05) is 11.1 Å². The molecule has 0 spiro atoms. The van der Waals surface area contributed by atoms with E-state index in [0.29, 0.717) is 16.8 Å². The molecule has 1 heterocycles. The van der Waals surface area contributed by atoms with E-state index in [2.05, 4.69) is 0 Å². The zero-order valence-corrected chi connectivity index (χ0v) is 11.8. The topological polar surface area (TPSA) is 54.5 Å². The van der Waals surface area contributed by atoms with E-state index >= 15 is 0 Å². The molecule has 0 aromatic heterocycles. The SMILES string of the molecule is CC(=O)c1ccc(N2C(=O)CC(=CC(C)C)C2=O)cc1. The molecule has 2 rings (SSSR count). The molecule has 20 heavy (non-hydrogen) atoms. The Balaban J connectivity index is 2.31. The molecule has 1 saturated heterocycles. The normalized spacial score (nSPS) is 17.4. The zero-order chi connectivity index (χ0) is 14.9. The van der Waals surface area contributed by atoms with E-state index in [9.17, 15) is 14.4 Å². The van der Waals surface area contributed by atoms with Crippen LogP contribution in [-0.4, -0.2) is 17.6 Å². The number of Topliss-reactive ketones (excluding diaryl/α,β-unsaturated/α-hetero) is 1. The van der Waals surface area contributed by atoms with E-state index < -0.39 is 0 Å². The van der Waals surface area contributed by atoms with Crippen LogP contribution in [0.25, 0.3) is 0 Å². The molecule has 0 aliphatic carbocycles. The molecule has 4 heteroatoms. The molecular formula is C16H17NO3. The third-order valence-electron chi connectivity index (χ3n) is 3.14. The lowest BCUT2D eigenvalue weighted by Crippen LogP contribution is -2.28. The minimum Gasteiger partial charge on any atom is -0.295 e. The average molecular weight is 271 g/mol. The van der Waals surface area contributed by atoms with Crippen molar-refractivity contribution < 1.29 is 14.4 Å². The van der Waals surface area contributed by atoms with E-state index in [1.807, 2.05) is 19.9 Å². The van der Waals surface area contributed by atoms with Gasteiger partial charge in [0.05, 0.1) is 12.1 Å². The Morgan fingerprint density at radius 1 is 1.20 bits per heavy atom. The molecule has 1 aliphatic heterocycles. The van der Waals surface area contributed by atoms with Crippen LogP contribution in [-0.2, 0) is 9.59 Å². The minimum absolute atomic E-state index is 0.0454. The van der Waals surface area contributed by atoms with Gasteiger partial charge >= 0.3 is 0 Å². The number of nitrogens with zero attached hydrogens (tertiary/aromatic N) is 1. The highest BCUT2D eigenvalue weighted by Crippen LogP contribution is 2.27. The predicted molar refractivity (Wildman–Crippen MR) is 76.5 cm³/mol. The Morgan fingerprint density at radius 3 is 2.30 bits per heavy atom. The Labute approximate surface area is 118 Å². The molecule has 2 amide bonds. The van der Waals surface area contributed by atoms with Crippen LogP contribution in [0.3, 0.4) is 0 Å². The minimum atomic E-state index is -0.265. The lowest BCUT2D eigenvalue weighted by atomic mass is 10.1. The summed E-state index contributed by atoms with van der Waals surface area (Å²) in [5, 5.41) is 0. The van der Waals surface area contributed by atoms with Crippen molar-refractivity contribution in [3.05, 3.63) is 41.5 Å². The summed E-state index contributed by atoms with van der Waals surface area (Å²) in [7, 11) is 0. The molecule has 1 aromatic carbocycles. The number of hydrogen-bond acceptors (Lipinski definition) is 3. The highest BCUT2D eigenvalue weighted by molar-refractivity contribution is 6.28. The Hall–Kier alpha value is -2.23. The van der Waals surface area contributed by atoms with Crippen LogP contribution < -0.4 is 4.90 Å². The third-order valence-corrected chi connectivity index (χ3v) is 3.14. The maximum absolute atomic E-state index is 12.2. The molecular weight excluding hydrogens is 254 g/mol. The van der Waals surface area contributed by atoms with Gasteiger partial charge in [-0.25, -0.2) is 4.90 Å². The van der Waals surface area contributed by atoms with Crippen molar-refractivity contribution in [3.63, 3.8) is 0 Å². The van der Waals surface area contributed by atoms with Crippen molar-refractivity contribution in [1.29, 1.82) is 0 Å².